The first-order chi connectivity index (χ1) is 20.3. The minimum atomic E-state index is -0.246. The number of carbonyl (C=O) groups is 1. The van der Waals surface area contributed by atoms with Gasteiger partial charge < -0.3 is 4.90 Å². The Morgan fingerprint density at radius 3 is 2.45 bits per heavy atom. The summed E-state index contributed by atoms with van der Waals surface area (Å²) in [7, 11) is 0. The first-order valence-corrected chi connectivity index (χ1v) is 16.8. The number of nitrogens with zero attached hydrogens (tertiary/aromatic N) is 4. The van der Waals surface area contributed by atoms with Crippen LogP contribution in [0.1, 0.15) is 88.0 Å². The molecule has 0 aliphatic carbocycles. The van der Waals surface area contributed by atoms with E-state index in [2.05, 4.69) is 55.1 Å². The van der Waals surface area contributed by atoms with E-state index in [-0.39, 0.29) is 17.0 Å². The largest absolute Gasteiger partial charge is 0.357 e. The molecule has 42 heavy (non-hydrogen) atoms. The van der Waals surface area contributed by atoms with Crippen molar-refractivity contribution in [1.82, 2.24) is 9.47 Å². The summed E-state index contributed by atoms with van der Waals surface area (Å²) >= 11 is 7.03. The Bertz CT molecular complexity index is 1400. The Hall–Kier alpha value is -2.89. The third kappa shape index (κ3) is 7.18. The number of nitriles is 1. The summed E-state index contributed by atoms with van der Waals surface area (Å²) in [6, 6.07) is 12.8. The van der Waals surface area contributed by atoms with Crippen molar-refractivity contribution in [3.05, 3.63) is 67.8 Å². The van der Waals surface area contributed by atoms with Crippen LogP contribution in [0.4, 0.5) is 5.82 Å². The highest BCUT2D eigenvalue weighted by Crippen LogP contribution is 2.38. The van der Waals surface area contributed by atoms with E-state index in [0.717, 1.165) is 75.8 Å². The van der Waals surface area contributed by atoms with Crippen molar-refractivity contribution in [3.8, 4) is 6.07 Å². The van der Waals surface area contributed by atoms with E-state index in [0.29, 0.717) is 39.7 Å². The number of carbonyl (C=O) groups excluding carboxylic acids is 1. The van der Waals surface area contributed by atoms with Crippen molar-refractivity contribution in [1.29, 1.82) is 5.26 Å². The lowest BCUT2D eigenvalue weighted by Crippen LogP contribution is -2.40. The molecule has 1 aromatic heterocycles. The van der Waals surface area contributed by atoms with Crippen LogP contribution in [0, 0.1) is 30.1 Å². The third-order valence-electron chi connectivity index (χ3n) is 8.71. The summed E-state index contributed by atoms with van der Waals surface area (Å²) in [4.78, 5) is 31.9. The molecule has 6 nitrogen and oxygen atoms in total. The van der Waals surface area contributed by atoms with Gasteiger partial charge in [-0.05, 0) is 68.1 Å². The number of thioether (sulfide) groups is 1. The fourth-order valence-electron chi connectivity index (χ4n) is 6.18. The molecule has 2 aliphatic heterocycles. The van der Waals surface area contributed by atoms with Crippen LogP contribution in [0.2, 0.25) is 0 Å². The molecule has 0 bridgehead atoms. The van der Waals surface area contributed by atoms with E-state index in [9.17, 15) is 14.9 Å². The SMILES string of the molecule is CCCCC(CC)CN1C(=O)/C(=C\c2c(C)c(C#N)c(=O)n(CCC)c2N2CCC(Cc3ccccc3)CC2)SC1=S. The van der Waals surface area contributed by atoms with Gasteiger partial charge in [0.2, 0.25) is 0 Å². The maximum atomic E-state index is 13.7. The van der Waals surface area contributed by atoms with Crippen LogP contribution in [0.3, 0.4) is 0 Å². The Kier molecular flexibility index (Phi) is 11.5. The Morgan fingerprint density at radius 1 is 1.12 bits per heavy atom. The van der Waals surface area contributed by atoms with Gasteiger partial charge in [-0.1, -0.05) is 94.3 Å². The summed E-state index contributed by atoms with van der Waals surface area (Å²) < 4.78 is 2.36. The van der Waals surface area contributed by atoms with Crippen LogP contribution in [-0.2, 0) is 17.8 Å². The van der Waals surface area contributed by atoms with Gasteiger partial charge in [-0.25, -0.2) is 0 Å². The van der Waals surface area contributed by atoms with E-state index < -0.39 is 0 Å². The maximum absolute atomic E-state index is 13.7. The van der Waals surface area contributed by atoms with E-state index in [1.54, 1.807) is 9.47 Å². The summed E-state index contributed by atoms with van der Waals surface area (Å²) in [5, 5.41) is 9.99. The quantitative estimate of drug-likeness (QED) is 0.187. The molecule has 0 radical (unpaired) electrons. The molecule has 2 aromatic rings. The predicted molar refractivity (Wildman–Crippen MR) is 179 cm³/mol. The van der Waals surface area contributed by atoms with Gasteiger partial charge in [0.1, 0.15) is 21.8 Å². The summed E-state index contributed by atoms with van der Waals surface area (Å²) in [6.45, 7) is 11.0. The van der Waals surface area contributed by atoms with Crippen LogP contribution in [0.25, 0.3) is 6.08 Å². The van der Waals surface area contributed by atoms with Crippen LogP contribution < -0.4 is 10.5 Å². The summed E-state index contributed by atoms with van der Waals surface area (Å²) in [5.41, 5.74) is 2.69. The molecule has 1 aromatic carbocycles. The number of thiocarbonyl (C=S) groups is 1. The number of hydrogen-bond donors (Lipinski definition) is 0. The fraction of sp³-hybridized carbons (Fsp3) is 0.529. The highest BCUT2D eigenvalue weighted by Gasteiger charge is 2.34. The summed E-state index contributed by atoms with van der Waals surface area (Å²) in [6.07, 6.45) is 10.1. The van der Waals surface area contributed by atoms with Crippen LogP contribution in [0.15, 0.2) is 40.0 Å². The van der Waals surface area contributed by atoms with E-state index in [1.165, 1.54) is 17.3 Å². The second-order valence-corrected chi connectivity index (χ2v) is 13.3. The van der Waals surface area contributed by atoms with Gasteiger partial charge in [-0.15, -0.1) is 0 Å². The topological polar surface area (TPSA) is 69.3 Å². The average Bonchev–Trinajstić information content (AvgIpc) is 3.26. The highest BCUT2D eigenvalue weighted by atomic mass is 32.2. The Balaban J connectivity index is 1.68. The van der Waals surface area contributed by atoms with Crippen molar-refractivity contribution in [3.63, 3.8) is 0 Å². The number of pyridine rings is 1. The van der Waals surface area contributed by atoms with E-state index in [1.807, 2.05) is 19.9 Å². The highest BCUT2D eigenvalue weighted by molar-refractivity contribution is 8.26. The standard InChI is InChI=1S/C34H44N4O2S2/c1-5-8-12-25(7-3)23-38-33(40)30(42-34(38)41)21-28-24(4)29(22-35)32(39)37(17-6-2)31(28)36-18-15-27(16-19-36)20-26-13-10-9-11-14-26/h9-11,13-14,21,25,27H,5-8,12,15-20,23H2,1-4H3/b30-21+. The lowest BCUT2D eigenvalue weighted by molar-refractivity contribution is -0.122. The smallest absolute Gasteiger partial charge is 0.270 e. The van der Waals surface area contributed by atoms with Gasteiger partial charge in [-0.3, -0.25) is 19.1 Å². The third-order valence-corrected chi connectivity index (χ3v) is 10.1. The molecule has 224 valence electrons. The Labute approximate surface area is 260 Å². The molecule has 0 N–H and O–H groups in total. The summed E-state index contributed by atoms with van der Waals surface area (Å²) in [5.74, 6) is 1.75. The van der Waals surface area contributed by atoms with E-state index >= 15 is 0 Å². The second kappa shape index (κ2) is 15.0. The molecule has 1 amide bonds. The molecule has 0 spiro atoms. The van der Waals surface area contributed by atoms with Crippen LogP contribution >= 0.6 is 24.0 Å². The monoisotopic (exact) mass is 604 g/mol. The molecule has 4 rings (SSSR count). The number of rotatable bonds is 12. The van der Waals surface area contributed by atoms with Gasteiger partial charge in [0.25, 0.3) is 11.5 Å². The molecule has 2 saturated heterocycles. The minimum Gasteiger partial charge on any atom is -0.357 e. The van der Waals surface area contributed by atoms with Crippen molar-refractivity contribution in [2.75, 3.05) is 24.5 Å². The zero-order chi connectivity index (χ0) is 30.2. The predicted octanol–water partition coefficient (Wildman–Crippen LogP) is 7.32. The maximum Gasteiger partial charge on any atom is 0.270 e. The number of piperidine rings is 1. The molecule has 1 unspecified atom stereocenters. The van der Waals surface area contributed by atoms with Gasteiger partial charge in [-0.2, -0.15) is 5.26 Å². The Morgan fingerprint density at radius 2 is 1.83 bits per heavy atom. The molecule has 8 heteroatoms. The number of benzene rings is 1. The number of aromatic nitrogens is 1. The van der Waals surface area contributed by atoms with Gasteiger partial charge >= 0.3 is 0 Å². The van der Waals surface area contributed by atoms with Gasteiger partial charge in [0.15, 0.2) is 0 Å². The van der Waals surface area contributed by atoms with Gasteiger partial charge in [0.05, 0.1) is 4.91 Å². The number of unbranched alkanes of at least 4 members (excludes halogenated alkanes) is 1. The first kappa shape index (κ1) is 32.0. The van der Waals surface area contributed by atoms with Crippen molar-refractivity contribution < 1.29 is 4.79 Å². The van der Waals surface area contributed by atoms with Crippen LogP contribution in [0.5, 0.6) is 0 Å². The number of anilines is 1. The number of hydrogen-bond acceptors (Lipinski definition) is 6. The zero-order valence-electron chi connectivity index (χ0n) is 25.5. The first-order valence-electron chi connectivity index (χ1n) is 15.5. The molecule has 3 heterocycles. The molecule has 1 atom stereocenters. The average molecular weight is 605 g/mol. The lowest BCUT2D eigenvalue weighted by atomic mass is 9.90. The van der Waals surface area contributed by atoms with Gasteiger partial charge in [0, 0.05) is 31.7 Å². The number of amides is 1. The molecule has 2 aliphatic rings. The fourth-order valence-corrected chi connectivity index (χ4v) is 7.43. The molecular formula is C34H44N4O2S2. The second-order valence-electron chi connectivity index (χ2n) is 11.6. The van der Waals surface area contributed by atoms with Crippen LogP contribution in [-0.4, -0.2) is 39.3 Å². The molecular weight excluding hydrogens is 561 g/mol. The molecule has 0 saturated carbocycles. The lowest BCUT2D eigenvalue weighted by Gasteiger charge is -2.36. The van der Waals surface area contributed by atoms with E-state index in [4.69, 9.17) is 12.2 Å². The van der Waals surface area contributed by atoms with Crippen molar-refractivity contribution in [2.24, 2.45) is 11.8 Å². The normalized spacial score (nSPS) is 17.7. The van der Waals surface area contributed by atoms with Crippen molar-refractivity contribution >= 4 is 46.1 Å². The van der Waals surface area contributed by atoms with Crippen molar-refractivity contribution in [2.45, 2.75) is 85.6 Å². The molecule has 2 fully saturated rings. The zero-order valence-corrected chi connectivity index (χ0v) is 27.2. The minimum absolute atomic E-state index is 0.0707.